The SMILES string of the molecule is Cc1cc(Nc2cccc(F)c2C#N)ccc1C#N. The zero-order valence-corrected chi connectivity index (χ0v) is 10.2. The zero-order valence-electron chi connectivity index (χ0n) is 10.2. The quantitative estimate of drug-likeness (QED) is 0.886. The lowest BCUT2D eigenvalue weighted by atomic mass is 10.1. The van der Waals surface area contributed by atoms with E-state index < -0.39 is 5.82 Å². The maximum atomic E-state index is 13.4. The highest BCUT2D eigenvalue weighted by atomic mass is 19.1. The summed E-state index contributed by atoms with van der Waals surface area (Å²) in [7, 11) is 0. The molecule has 0 saturated heterocycles. The molecular weight excluding hydrogens is 241 g/mol. The van der Waals surface area contributed by atoms with Gasteiger partial charge in [0.25, 0.3) is 0 Å². The monoisotopic (exact) mass is 251 g/mol. The Labute approximate surface area is 110 Å². The average molecular weight is 251 g/mol. The van der Waals surface area contributed by atoms with Crippen LogP contribution in [0.5, 0.6) is 0 Å². The van der Waals surface area contributed by atoms with Crippen molar-refractivity contribution in [2.75, 3.05) is 5.32 Å². The predicted molar refractivity (Wildman–Crippen MR) is 70.3 cm³/mol. The molecule has 2 aromatic rings. The Morgan fingerprint density at radius 1 is 1.11 bits per heavy atom. The van der Waals surface area contributed by atoms with E-state index in [-0.39, 0.29) is 5.56 Å². The van der Waals surface area contributed by atoms with Gasteiger partial charge in [0.15, 0.2) is 0 Å². The van der Waals surface area contributed by atoms with E-state index >= 15 is 0 Å². The number of hydrogen-bond acceptors (Lipinski definition) is 3. The van der Waals surface area contributed by atoms with Gasteiger partial charge >= 0.3 is 0 Å². The van der Waals surface area contributed by atoms with E-state index in [1.807, 2.05) is 13.0 Å². The third kappa shape index (κ3) is 2.53. The van der Waals surface area contributed by atoms with Gasteiger partial charge in [-0.3, -0.25) is 0 Å². The lowest BCUT2D eigenvalue weighted by Gasteiger charge is -2.09. The normalized spacial score (nSPS) is 9.47. The fraction of sp³-hybridized carbons (Fsp3) is 0.0667. The molecule has 0 aromatic heterocycles. The molecular formula is C15H10FN3. The number of nitrogens with zero attached hydrogens (tertiary/aromatic N) is 2. The molecule has 0 saturated carbocycles. The summed E-state index contributed by atoms with van der Waals surface area (Å²) in [6, 6.07) is 13.5. The van der Waals surface area contributed by atoms with E-state index in [0.717, 1.165) is 5.56 Å². The largest absolute Gasteiger partial charge is 0.354 e. The molecule has 2 rings (SSSR count). The Balaban J connectivity index is 2.38. The summed E-state index contributed by atoms with van der Waals surface area (Å²) >= 11 is 0. The van der Waals surface area contributed by atoms with Crippen LogP contribution in [0.15, 0.2) is 36.4 Å². The van der Waals surface area contributed by atoms with Crippen molar-refractivity contribution in [1.82, 2.24) is 0 Å². The van der Waals surface area contributed by atoms with Crippen LogP contribution in [-0.4, -0.2) is 0 Å². The number of anilines is 2. The van der Waals surface area contributed by atoms with Crippen molar-refractivity contribution in [3.8, 4) is 12.1 Å². The van der Waals surface area contributed by atoms with Gasteiger partial charge in [-0.2, -0.15) is 10.5 Å². The van der Waals surface area contributed by atoms with Gasteiger partial charge in [0.2, 0.25) is 0 Å². The van der Waals surface area contributed by atoms with Crippen LogP contribution in [0.25, 0.3) is 0 Å². The third-order valence-corrected chi connectivity index (χ3v) is 2.75. The van der Waals surface area contributed by atoms with E-state index in [9.17, 15) is 4.39 Å². The zero-order chi connectivity index (χ0) is 13.8. The highest BCUT2D eigenvalue weighted by molar-refractivity contribution is 5.67. The number of halogens is 1. The molecule has 1 N–H and O–H groups in total. The molecule has 92 valence electrons. The topological polar surface area (TPSA) is 59.6 Å². The van der Waals surface area contributed by atoms with Crippen LogP contribution in [0.1, 0.15) is 16.7 Å². The third-order valence-electron chi connectivity index (χ3n) is 2.75. The molecule has 2 aromatic carbocycles. The molecule has 19 heavy (non-hydrogen) atoms. The number of nitriles is 2. The first-order chi connectivity index (χ1) is 9.15. The lowest BCUT2D eigenvalue weighted by molar-refractivity contribution is 0.624. The molecule has 0 amide bonds. The standard InChI is InChI=1S/C15H10FN3/c1-10-7-12(6-5-11(10)8-17)19-15-4-2-3-14(16)13(15)9-18/h2-7,19H,1H3. The molecule has 0 unspecified atom stereocenters. The van der Waals surface area contributed by atoms with Crippen LogP contribution < -0.4 is 5.32 Å². The van der Waals surface area contributed by atoms with Gasteiger partial charge in [0.1, 0.15) is 17.4 Å². The van der Waals surface area contributed by atoms with Crippen molar-refractivity contribution in [3.63, 3.8) is 0 Å². The second kappa shape index (κ2) is 5.20. The number of nitrogens with one attached hydrogen (secondary N) is 1. The minimum Gasteiger partial charge on any atom is -0.354 e. The average Bonchev–Trinajstić information content (AvgIpc) is 2.39. The highest BCUT2D eigenvalue weighted by Crippen LogP contribution is 2.24. The minimum absolute atomic E-state index is 0.0236. The van der Waals surface area contributed by atoms with Crippen LogP contribution in [0.3, 0.4) is 0 Å². The Morgan fingerprint density at radius 2 is 1.89 bits per heavy atom. The maximum absolute atomic E-state index is 13.4. The van der Waals surface area contributed by atoms with Gasteiger partial charge in [0.05, 0.1) is 17.3 Å². The van der Waals surface area contributed by atoms with Crippen molar-refractivity contribution in [2.24, 2.45) is 0 Å². The molecule has 0 atom stereocenters. The Bertz CT molecular complexity index is 708. The van der Waals surface area contributed by atoms with Crippen molar-refractivity contribution < 1.29 is 4.39 Å². The second-order valence-corrected chi connectivity index (χ2v) is 4.04. The van der Waals surface area contributed by atoms with Gasteiger partial charge in [-0.15, -0.1) is 0 Å². The fourth-order valence-electron chi connectivity index (χ4n) is 1.76. The van der Waals surface area contributed by atoms with Crippen molar-refractivity contribution in [3.05, 3.63) is 58.9 Å². The van der Waals surface area contributed by atoms with Crippen molar-refractivity contribution in [1.29, 1.82) is 10.5 Å². The van der Waals surface area contributed by atoms with Crippen molar-refractivity contribution in [2.45, 2.75) is 6.92 Å². The number of hydrogen-bond donors (Lipinski definition) is 1. The summed E-state index contributed by atoms with van der Waals surface area (Å²) in [4.78, 5) is 0. The molecule has 0 aliphatic carbocycles. The first-order valence-corrected chi connectivity index (χ1v) is 5.62. The molecule has 0 aliphatic rings. The van der Waals surface area contributed by atoms with Crippen LogP contribution in [-0.2, 0) is 0 Å². The first kappa shape index (κ1) is 12.6. The summed E-state index contributed by atoms with van der Waals surface area (Å²) in [6.45, 7) is 1.82. The van der Waals surface area contributed by atoms with E-state index in [1.54, 1.807) is 24.3 Å². The molecule has 4 heteroatoms. The van der Waals surface area contributed by atoms with Gasteiger partial charge in [-0.1, -0.05) is 6.07 Å². The van der Waals surface area contributed by atoms with Gasteiger partial charge in [-0.25, -0.2) is 4.39 Å². The number of aryl methyl sites for hydroxylation is 1. The summed E-state index contributed by atoms with van der Waals surface area (Å²) in [6.07, 6.45) is 0. The van der Waals surface area contributed by atoms with Crippen LogP contribution in [0, 0.1) is 35.4 Å². The van der Waals surface area contributed by atoms with Crippen LogP contribution in [0.2, 0.25) is 0 Å². The highest BCUT2D eigenvalue weighted by Gasteiger charge is 2.08. The minimum atomic E-state index is -0.558. The van der Waals surface area contributed by atoms with Gasteiger partial charge in [-0.05, 0) is 42.8 Å². The smallest absolute Gasteiger partial charge is 0.143 e. The van der Waals surface area contributed by atoms with E-state index in [4.69, 9.17) is 10.5 Å². The molecule has 0 spiro atoms. The summed E-state index contributed by atoms with van der Waals surface area (Å²) < 4.78 is 13.4. The molecule has 0 fully saturated rings. The predicted octanol–water partition coefficient (Wildman–Crippen LogP) is 3.62. The summed E-state index contributed by atoms with van der Waals surface area (Å²) in [5.74, 6) is -0.558. The van der Waals surface area contributed by atoms with Crippen LogP contribution in [0.4, 0.5) is 15.8 Å². The Hall–Kier alpha value is -2.85. The van der Waals surface area contributed by atoms with E-state index in [0.29, 0.717) is 16.9 Å². The number of rotatable bonds is 2. The Kier molecular flexibility index (Phi) is 3.45. The molecule has 3 nitrogen and oxygen atoms in total. The number of benzene rings is 2. The van der Waals surface area contributed by atoms with Crippen LogP contribution >= 0.6 is 0 Å². The molecule has 0 heterocycles. The summed E-state index contributed by atoms with van der Waals surface area (Å²) in [5, 5.41) is 20.8. The van der Waals surface area contributed by atoms with Gasteiger partial charge < -0.3 is 5.32 Å². The van der Waals surface area contributed by atoms with Crippen molar-refractivity contribution >= 4 is 11.4 Å². The summed E-state index contributed by atoms with van der Waals surface area (Å²) in [5.41, 5.74) is 2.50. The molecule has 0 bridgehead atoms. The second-order valence-electron chi connectivity index (χ2n) is 4.04. The van der Waals surface area contributed by atoms with E-state index in [2.05, 4.69) is 11.4 Å². The van der Waals surface area contributed by atoms with E-state index in [1.165, 1.54) is 12.1 Å². The maximum Gasteiger partial charge on any atom is 0.143 e. The molecule has 0 radical (unpaired) electrons. The fourth-order valence-corrected chi connectivity index (χ4v) is 1.76. The lowest BCUT2D eigenvalue weighted by Crippen LogP contribution is -1.96. The molecule has 0 aliphatic heterocycles. The Morgan fingerprint density at radius 3 is 2.53 bits per heavy atom. The van der Waals surface area contributed by atoms with Gasteiger partial charge in [0, 0.05) is 5.69 Å². The first-order valence-electron chi connectivity index (χ1n) is 5.62.